The first-order valence-electron chi connectivity index (χ1n) is 9.09. The lowest BCUT2D eigenvalue weighted by atomic mass is 9.98. The van der Waals surface area contributed by atoms with Gasteiger partial charge < -0.3 is 10.6 Å². The molecule has 1 aromatic carbocycles. The molecule has 1 aliphatic rings. The van der Waals surface area contributed by atoms with Crippen LogP contribution in [-0.4, -0.2) is 36.9 Å². The molecule has 0 saturated carbocycles. The van der Waals surface area contributed by atoms with Crippen molar-refractivity contribution in [1.29, 1.82) is 0 Å². The van der Waals surface area contributed by atoms with Crippen LogP contribution in [0, 0.1) is 6.92 Å². The predicted octanol–water partition coefficient (Wildman–Crippen LogP) is 3.17. The van der Waals surface area contributed by atoms with Gasteiger partial charge in [-0.3, -0.25) is 4.79 Å². The first-order chi connectivity index (χ1) is 12.7. The van der Waals surface area contributed by atoms with Gasteiger partial charge in [0.05, 0.1) is 23.4 Å². The van der Waals surface area contributed by atoms with Crippen molar-refractivity contribution >= 4 is 27.1 Å². The zero-order valence-corrected chi connectivity index (χ0v) is 16.6. The Balaban J connectivity index is 1.70. The van der Waals surface area contributed by atoms with Gasteiger partial charge >= 0.3 is 0 Å². The highest BCUT2D eigenvalue weighted by molar-refractivity contribution is 7.91. The summed E-state index contributed by atoms with van der Waals surface area (Å²) in [5, 5.41) is 6.15. The van der Waals surface area contributed by atoms with Gasteiger partial charge in [0.2, 0.25) is 0 Å². The maximum Gasteiger partial charge on any atom is 0.270 e. The highest BCUT2D eigenvalue weighted by atomic mass is 32.2. The number of carbonyl (C=O) groups excluding carboxylic acids is 1. The van der Waals surface area contributed by atoms with Gasteiger partial charge in [-0.15, -0.1) is 0 Å². The Morgan fingerprint density at radius 2 is 2.00 bits per heavy atom. The first-order valence-corrected chi connectivity index (χ1v) is 10.9. The molecule has 1 atom stereocenters. The molecule has 1 saturated heterocycles. The van der Waals surface area contributed by atoms with Crippen molar-refractivity contribution < 1.29 is 13.2 Å². The van der Waals surface area contributed by atoms with Crippen LogP contribution in [0.4, 0.5) is 11.4 Å². The number of benzene rings is 1. The molecule has 1 aliphatic heterocycles. The van der Waals surface area contributed by atoms with Gasteiger partial charge in [-0.2, -0.15) is 0 Å². The summed E-state index contributed by atoms with van der Waals surface area (Å²) in [6.45, 7) is 6.35. The van der Waals surface area contributed by atoms with E-state index in [2.05, 4.69) is 48.5 Å². The average Bonchev–Trinajstić information content (AvgIpc) is 2.95. The molecule has 27 heavy (non-hydrogen) atoms. The van der Waals surface area contributed by atoms with E-state index in [1.165, 1.54) is 5.56 Å². The normalized spacial score (nSPS) is 18.4. The van der Waals surface area contributed by atoms with Crippen molar-refractivity contribution in [2.75, 3.05) is 16.8 Å². The smallest absolute Gasteiger partial charge is 0.270 e. The number of rotatable bonds is 5. The van der Waals surface area contributed by atoms with E-state index in [9.17, 15) is 13.2 Å². The molecule has 144 valence electrons. The molecule has 7 heteroatoms. The number of pyridine rings is 1. The zero-order valence-electron chi connectivity index (χ0n) is 15.8. The second kappa shape index (κ2) is 7.68. The number of aryl methyl sites for hydroxylation is 1. The van der Waals surface area contributed by atoms with Crippen LogP contribution in [0.5, 0.6) is 0 Å². The summed E-state index contributed by atoms with van der Waals surface area (Å²) in [7, 11) is -3.03. The lowest BCUT2D eigenvalue weighted by Crippen LogP contribution is -2.36. The lowest BCUT2D eigenvalue weighted by Gasteiger charge is -2.17. The number of anilines is 2. The third kappa shape index (κ3) is 4.66. The van der Waals surface area contributed by atoms with Crippen LogP contribution >= 0.6 is 0 Å². The quantitative estimate of drug-likeness (QED) is 0.823. The molecule has 0 bridgehead atoms. The maximum absolute atomic E-state index is 12.3. The van der Waals surface area contributed by atoms with Crippen molar-refractivity contribution in [1.82, 2.24) is 10.3 Å². The zero-order chi connectivity index (χ0) is 19.6. The maximum atomic E-state index is 12.3. The number of hydrogen-bond acceptors (Lipinski definition) is 5. The van der Waals surface area contributed by atoms with Gasteiger partial charge in [-0.25, -0.2) is 13.4 Å². The van der Waals surface area contributed by atoms with Gasteiger partial charge in [0.1, 0.15) is 5.69 Å². The number of nitrogens with zero attached hydrogens (tertiary/aromatic N) is 1. The Morgan fingerprint density at radius 3 is 2.59 bits per heavy atom. The number of hydrogen-bond donors (Lipinski definition) is 2. The highest BCUT2D eigenvalue weighted by Gasteiger charge is 2.29. The fourth-order valence-corrected chi connectivity index (χ4v) is 4.93. The summed E-state index contributed by atoms with van der Waals surface area (Å²) in [5.41, 5.74) is 4.50. The van der Waals surface area contributed by atoms with Crippen molar-refractivity contribution in [3.8, 4) is 0 Å². The SMILES string of the molecule is Cc1cccc(C(C)C)c1Nc1ccc(C(=O)NC2CCS(=O)(=O)C2)nc1. The monoisotopic (exact) mass is 387 g/mol. The summed E-state index contributed by atoms with van der Waals surface area (Å²) in [6, 6.07) is 9.33. The predicted molar refractivity (Wildman–Crippen MR) is 107 cm³/mol. The van der Waals surface area contributed by atoms with Gasteiger partial charge in [-0.1, -0.05) is 32.0 Å². The minimum absolute atomic E-state index is 0.00361. The summed E-state index contributed by atoms with van der Waals surface area (Å²) >= 11 is 0. The fourth-order valence-electron chi connectivity index (χ4n) is 3.26. The Morgan fingerprint density at radius 1 is 1.22 bits per heavy atom. The number of carbonyl (C=O) groups is 1. The Labute approximate surface area is 160 Å². The number of aromatic nitrogens is 1. The van der Waals surface area contributed by atoms with Gasteiger partial charge in [0.15, 0.2) is 9.84 Å². The van der Waals surface area contributed by atoms with Crippen LogP contribution in [-0.2, 0) is 9.84 Å². The number of nitrogens with one attached hydrogen (secondary N) is 2. The second-order valence-corrected chi connectivity index (χ2v) is 9.55. The summed E-state index contributed by atoms with van der Waals surface area (Å²) in [4.78, 5) is 16.5. The summed E-state index contributed by atoms with van der Waals surface area (Å²) in [5.74, 6) is 0.169. The molecule has 1 fully saturated rings. The van der Waals surface area contributed by atoms with Crippen LogP contribution in [0.3, 0.4) is 0 Å². The molecule has 2 aromatic rings. The molecule has 3 rings (SSSR count). The molecule has 0 aliphatic carbocycles. The standard InChI is InChI=1S/C20H25N3O3S/c1-13(2)17-6-4-5-14(3)19(17)22-15-7-8-18(21-11-15)20(24)23-16-9-10-27(25,26)12-16/h4-8,11,13,16,22H,9-10,12H2,1-3H3,(H,23,24). The number of amides is 1. The first kappa shape index (κ1) is 19.4. The van der Waals surface area contributed by atoms with E-state index >= 15 is 0 Å². The van der Waals surface area contributed by atoms with Gasteiger partial charge in [0, 0.05) is 11.7 Å². The van der Waals surface area contributed by atoms with Crippen LogP contribution < -0.4 is 10.6 Å². The van der Waals surface area contributed by atoms with Gasteiger partial charge in [0.25, 0.3) is 5.91 Å². The molecule has 2 N–H and O–H groups in total. The third-order valence-corrected chi connectivity index (χ3v) is 6.53. The third-order valence-electron chi connectivity index (χ3n) is 4.76. The van der Waals surface area contributed by atoms with E-state index in [0.717, 1.165) is 16.9 Å². The van der Waals surface area contributed by atoms with E-state index < -0.39 is 9.84 Å². The van der Waals surface area contributed by atoms with E-state index in [4.69, 9.17) is 0 Å². The van der Waals surface area contributed by atoms with E-state index in [-0.39, 0.29) is 29.1 Å². The molecule has 0 radical (unpaired) electrons. The topological polar surface area (TPSA) is 88.2 Å². The second-order valence-electron chi connectivity index (χ2n) is 7.32. The van der Waals surface area contributed by atoms with E-state index in [0.29, 0.717) is 12.3 Å². The van der Waals surface area contributed by atoms with Crippen LogP contribution in [0.2, 0.25) is 0 Å². The Hall–Kier alpha value is -2.41. The van der Waals surface area contributed by atoms with Crippen LogP contribution in [0.15, 0.2) is 36.5 Å². The number of para-hydroxylation sites is 1. The van der Waals surface area contributed by atoms with E-state index in [1.54, 1.807) is 12.3 Å². The molecule has 1 aromatic heterocycles. The van der Waals surface area contributed by atoms with Crippen molar-refractivity contribution in [2.24, 2.45) is 0 Å². The molecule has 2 heterocycles. The average molecular weight is 388 g/mol. The minimum Gasteiger partial charge on any atom is -0.354 e. The molecular formula is C20H25N3O3S. The molecule has 6 nitrogen and oxygen atoms in total. The highest BCUT2D eigenvalue weighted by Crippen LogP contribution is 2.30. The minimum atomic E-state index is -3.03. The van der Waals surface area contributed by atoms with Crippen molar-refractivity contribution in [2.45, 2.75) is 39.2 Å². The molecular weight excluding hydrogens is 362 g/mol. The largest absolute Gasteiger partial charge is 0.354 e. The summed E-state index contributed by atoms with van der Waals surface area (Å²) < 4.78 is 23.0. The Bertz CT molecular complexity index is 937. The molecule has 1 unspecified atom stereocenters. The fraction of sp³-hybridized carbons (Fsp3) is 0.400. The molecule has 0 spiro atoms. The van der Waals surface area contributed by atoms with Crippen LogP contribution in [0.1, 0.15) is 47.8 Å². The van der Waals surface area contributed by atoms with E-state index in [1.807, 2.05) is 12.1 Å². The summed E-state index contributed by atoms with van der Waals surface area (Å²) in [6.07, 6.45) is 2.08. The Kier molecular flexibility index (Phi) is 5.51. The van der Waals surface area contributed by atoms with Crippen LogP contribution in [0.25, 0.3) is 0 Å². The molecule has 1 amide bonds. The lowest BCUT2D eigenvalue weighted by molar-refractivity contribution is 0.0936. The van der Waals surface area contributed by atoms with Crippen molar-refractivity contribution in [3.63, 3.8) is 0 Å². The van der Waals surface area contributed by atoms with Gasteiger partial charge in [-0.05, 0) is 42.5 Å². The van der Waals surface area contributed by atoms with Crippen molar-refractivity contribution in [3.05, 3.63) is 53.3 Å². The number of sulfone groups is 1.